The van der Waals surface area contributed by atoms with Gasteiger partial charge in [-0.05, 0) is 0 Å². The quantitative estimate of drug-likeness (QED) is 0.418. The number of hydrogen-bond acceptors (Lipinski definition) is 6. The van der Waals surface area contributed by atoms with Crippen molar-refractivity contribution in [3.8, 4) is 12.1 Å². The predicted molar refractivity (Wildman–Crippen MR) is 32.6 cm³/mol. The van der Waals surface area contributed by atoms with Gasteiger partial charge in [0.15, 0.2) is 0 Å². The molecule has 0 fully saturated rings. The van der Waals surface area contributed by atoms with Crippen molar-refractivity contribution in [2.24, 2.45) is 0 Å². The van der Waals surface area contributed by atoms with E-state index in [1.807, 2.05) is 0 Å². The molecule has 0 saturated heterocycles. The fourth-order valence-electron chi connectivity index (χ4n) is 0.281. The Kier molecular flexibility index (Phi) is 4.70. The lowest BCUT2D eigenvalue weighted by Gasteiger charge is -1.96. The van der Waals surface area contributed by atoms with Gasteiger partial charge in [-0.3, -0.25) is 0 Å². The van der Waals surface area contributed by atoms with Crippen molar-refractivity contribution in [2.45, 2.75) is 12.8 Å². The van der Waals surface area contributed by atoms with Crippen molar-refractivity contribution >= 4 is 11.9 Å². The molecule has 0 aliphatic heterocycles. The van der Waals surface area contributed by atoms with Gasteiger partial charge in [0.05, 0.1) is 12.1 Å². The maximum absolute atomic E-state index is 10.3. The molecule has 0 radical (unpaired) electrons. The second-order valence-corrected chi connectivity index (χ2v) is 1.58. The van der Waals surface area contributed by atoms with Crippen molar-refractivity contribution < 1.29 is 19.4 Å². The minimum Gasteiger partial charge on any atom is -0.246 e. The standard InChI is InChI=1S/C6H4N2O4/c7-3-1-5(9)11-12-6(10)2-4-8/h1-2H2. The Labute approximate surface area is 67.8 Å². The van der Waals surface area contributed by atoms with E-state index >= 15 is 0 Å². The first kappa shape index (κ1) is 9.92. The Balaban J connectivity index is 3.57. The normalized spacial score (nSPS) is 7.50. The fourth-order valence-corrected chi connectivity index (χ4v) is 0.281. The van der Waals surface area contributed by atoms with Gasteiger partial charge in [-0.2, -0.15) is 10.5 Å². The van der Waals surface area contributed by atoms with Gasteiger partial charge < -0.3 is 0 Å². The average molecular weight is 168 g/mol. The van der Waals surface area contributed by atoms with Gasteiger partial charge in [0.1, 0.15) is 12.8 Å². The van der Waals surface area contributed by atoms with Crippen molar-refractivity contribution in [2.75, 3.05) is 0 Å². The first-order valence-electron chi connectivity index (χ1n) is 2.84. The largest absolute Gasteiger partial charge is 0.369 e. The van der Waals surface area contributed by atoms with Crippen LogP contribution in [0.5, 0.6) is 0 Å². The van der Waals surface area contributed by atoms with E-state index in [9.17, 15) is 9.59 Å². The Morgan fingerprint density at radius 1 is 1.00 bits per heavy atom. The number of rotatable bonds is 2. The Morgan fingerprint density at radius 2 is 1.33 bits per heavy atom. The van der Waals surface area contributed by atoms with Crippen LogP contribution in [0, 0.1) is 22.7 Å². The molecule has 62 valence electrons. The lowest BCUT2D eigenvalue weighted by molar-refractivity contribution is -0.257. The molecule has 0 aromatic rings. The highest BCUT2D eigenvalue weighted by Crippen LogP contribution is 1.89. The van der Waals surface area contributed by atoms with Crippen LogP contribution >= 0.6 is 0 Å². The summed E-state index contributed by atoms with van der Waals surface area (Å²) in [5.74, 6) is -1.94. The van der Waals surface area contributed by atoms with Crippen molar-refractivity contribution in [3.05, 3.63) is 0 Å². The highest BCUT2D eigenvalue weighted by Gasteiger charge is 2.07. The van der Waals surface area contributed by atoms with E-state index < -0.39 is 24.8 Å². The van der Waals surface area contributed by atoms with Gasteiger partial charge in [-0.25, -0.2) is 19.4 Å². The Morgan fingerprint density at radius 3 is 1.58 bits per heavy atom. The molecule has 0 unspecified atom stereocenters. The average Bonchev–Trinajstić information content (AvgIpc) is 2.02. The van der Waals surface area contributed by atoms with E-state index in [2.05, 4.69) is 9.78 Å². The first-order chi connectivity index (χ1) is 5.70. The van der Waals surface area contributed by atoms with Crippen LogP contribution in [0.4, 0.5) is 0 Å². The monoisotopic (exact) mass is 168 g/mol. The zero-order valence-corrected chi connectivity index (χ0v) is 5.94. The smallest absolute Gasteiger partial charge is 0.246 e. The van der Waals surface area contributed by atoms with Crippen molar-refractivity contribution in [1.29, 1.82) is 10.5 Å². The number of nitriles is 2. The fraction of sp³-hybridized carbons (Fsp3) is 0.333. The predicted octanol–water partition coefficient (Wildman–Crippen LogP) is -0.185. The number of carbonyl (C=O) groups excluding carboxylic acids is 2. The van der Waals surface area contributed by atoms with E-state index in [0.29, 0.717) is 0 Å². The molecular weight excluding hydrogens is 164 g/mol. The molecule has 0 bridgehead atoms. The first-order valence-corrected chi connectivity index (χ1v) is 2.84. The highest BCUT2D eigenvalue weighted by atomic mass is 17.2. The van der Waals surface area contributed by atoms with Gasteiger partial charge >= 0.3 is 11.9 Å². The maximum Gasteiger partial charge on any atom is 0.369 e. The minimum absolute atomic E-state index is 0.500. The molecule has 0 rings (SSSR count). The summed E-state index contributed by atoms with van der Waals surface area (Å²) >= 11 is 0. The zero-order chi connectivity index (χ0) is 9.40. The molecule has 0 aliphatic rings. The molecule has 0 aromatic carbocycles. The van der Waals surface area contributed by atoms with E-state index in [1.54, 1.807) is 0 Å². The van der Waals surface area contributed by atoms with Crippen LogP contribution in [-0.2, 0) is 19.4 Å². The minimum atomic E-state index is -0.969. The molecule has 0 spiro atoms. The second-order valence-electron chi connectivity index (χ2n) is 1.58. The lowest BCUT2D eigenvalue weighted by Crippen LogP contribution is -2.09. The molecular formula is C6H4N2O4. The van der Waals surface area contributed by atoms with Crippen LogP contribution < -0.4 is 0 Å². The van der Waals surface area contributed by atoms with Crippen LogP contribution in [0.15, 0.2) is 0 Å². The van der Waals surface area contributed by atoms with E-state index in [0.717, 1.165) is 0 Å². The van der Waals surface area contributed by atoms with Gasteiger partial charge in [0.25, 0.3) is 0 Å². The third kappa shape index (κ3) is 4.77. The number of nitrogens with zero attached hydrogens (tertiary/aromatic N) is 2. The van der Waals surface area contributed by atoms with E-state index in [-0.39, 0.29) is 0 Å². The van der Waals surface area contributed by atoms with Crippen LogP contribution in [0.2, 0.25) is 0 Å². The third-order valence-corrected chi connectivity index (χ3v) is 0.674. The second kappa shape index (κ2) is 5.69. The molecule has 0 N–H and O–H groups in total. The van der Waals surface area contributed by atoms with Crippen LogP contribution in [0.25, 0.3) is 0 Å². The lowest BCUT2D eigenvalue weighted by atomic mass is 10.5. The molecule has 6 nitrogen and oxygen atoms in total. The summed E-state index contributed by atoms with van der Waals surface area (Å²) in [5, 5.41) is 15.9. The third-order valence-electron chi connectivity index (χ3n) is 0.674. The van der Waals surface area contributed by atoms with Crippen molar-refractivity contribution in [1.82, 2.24) is 0 Å². The number of hydrogen-bond donors (Lipinski definition) is 0. The van der Waals surface area contributed by atoms with E-state index in [4.69, 9.17) is 10.5 Å². The van der Waals surface area contributed by atoms with E-state index in [1.165, 1.54) is 12.1 Å². The summed E-state index contributed by atoms with van der Waals surface area (Å²) in [4.78, 5) is 28.4. The summed E-state index contributed by atoms with van der Waals surface area (Å²) in [6, 6.07) is 2.98. The molecule has 0 atom stereocenters. The molecule has 6 heteroatoms. The summed E-state index contributed by atoms with van der Waals surface area (Å²) < 4.78 is 0. The molecule has 0 amide bonds. The van der Waals surface area contributed by atoms with Gasteiger partial charge in [0, 0.05) is 0 Å². The highest BCUT2D eigenvalue weighted by molar-refractivity contribution is 5.75. The Bertz CT molecular complexity index is 232. The SMILES string of the molecule is N#CCC(=O)OOC(=O)CC#N. The van der Waals surface area contributed by atoms with Crippen LogP contribution in [0.1, 0.15) is 12.8 Å². The number of carbonyl (C=O) groups is 2. The summed E-state index contributed by atoms with van der Waals surface area (Å²) in [7, 11) is 0. The van der Waals surface area contributed by atoms with Crippen molar-refractivity contribution in [3.63, 3.8) is 0 Å². The molecule has 0 heterocycles. The molecule has 0 aromatic heterocycles. The molecule has 0 aliphatic carbocycles. The summed E-state index contributed by atoms with van der Waals surface area (Å²) in [5.41, 5.74) is 0. The van der Waals surface area contributed by atoms with Crippen LogP contribution in [-0.4, -0.2) is 11.9 Å². The molecule has 12 heavy (non-hydrogen) atoms. The van der Waals surface area contributed by atoms with Gasteiger partial charge in [-0.1, -0.05) is 0 Å². The zero-order valence-electron chi connectivity index (χ0n) is 5.94. The van der Waals surface area contributed by atoms with Crippen LogP contribution in [0.3, 0.4) is 0 Å². The maximum atomic E-state index is 10.3. The molecule has 0 saturated carbocycles. The summed E-state index contributed by atoms with van der Waals surface area (Å²) in [6.45, 7) is 0. The Hall–Kier alpha value is -2.08. The topological polar surface area (TPSA) is 100 Å². The van der Waals surface area contributed by atoms with Gasteiger partial charge in [-0.15, -0.1) is 0 Å². The van der Waals surface area contributed by atoms with Gasteiger partial charge in [0.2, 0.25) is 0 Å². The summed E-state index contributed by atoms with van der Waals surface area (Å²) in [6.07, 6.45) is -1.00.